The van der Waals surface area contributed by atoms with Crippen molar-refractivity contribution in [2.45, 2.75) is 50.0 Å². The number of hydrogen-bond acceptors (Lipinski definition) is 6. The van der Waals surface area contributed by atoms with Crippen LogP contribution >= 0.6 is 11.8 Å². The third-order valence-corrected chi connectivity index (χ3v) is 6.60. The summed E-state index contributed by atoms with van der Waals surface area (Å²) in [6.07, 6.45) is 7.60. The van der Waals surface area contributed by atoms with Crippen molar-refractivity contribution in [1.29, 1.82) is 0 Å². The lowest BCUT2D eigenvalue weighted by Gasteiger charge is -2.24. The Bertz CT molecular complexity index is 1120. The number of amides is 1. The Morgan fingerprint density at radius 3 is 2.77 bits per heavy atom. The molecule has 3 N–H and O–H groups in total. The first-order valence-electron chi connectivity index (χ1n) is 10.9. The van der Waals surface area contributed by atoms with Gasteiger partial charge < -0.3 is 20.4 Å². The molecule has 7 nitrogen and oxygen atoms in total. The van der Waals surface area contributed by atoms with Gasteiger partial charge in [0.15, 0.2) is 5.65 Å². The van der Waals surface area contributed by atoms with Gasteiger partial charge in [-0.15, -0.1) is 11.8 Å². The first-order chi connectivity index (χ1) is 15.1. The lowest BCUT2D eigenvalue weighted by atomic mass is 10.0. The van der Waals surface area contributed by atoms with Crippen molar-refractivity contribution in [1.82, 2.24) is 15.0 Å². The average molecular weight is 438 g/mol. The summed E-state index contributed by atoms with van der Waals surface area (Å²) in [6, 6.07) is 8.35. The van der Waals surface area contributed by atoms with Crippen molar-refractivity contribution >= 4 is 46.0 Å². The lowest BCUT2D eigenvalue weighted by Crippen LogP contribution is -2.14. The van der Waals surface area contributed by atoms with Gasteiger partial charge in [-0.1, -0.05) is 6.07 Å². The Morgan fingerprint density at radius 1 is 1.16 bits per heavy atom. The van der Waals surface area contributed by atoms with Crippen LogP contribution in [-0.4, -0.2) is 33.7 Å². The standard InChI is InChI=1S/C23H27N5O2S/c1-13-24-21-17(12-20(27-22(21)25-13)28-23(29)14-6-7-14)26-16-9-8-15(11-19(16)31-2)18-5-3-4-10-30-18/h8-9,11-12,14,18H,3-7,10H2,1-2H3,(H3,24,25,26,27,28,29). The molecule has 1 saturated heterocycles. The maximum atomic E-state index is 12.3. The minimum Gasteiger partial charge on any atom is -0.374 e. The van der Waals surface area contributed by atoms with Gasteiger partial charge >= 0.3 is 0 Å². The van der Waals surface area contributed by atoms with E-state index in [0.29, 0.717) is 11.5 Å². The van der Waals surface area contributed by atoms with Gasteiger partial charge in [0.1, 0.15) is 17.2 Å². The highest BCUT2D eigenvalue weighted by Gasteiger charge is 2.30. The Kier molecular flexibility index (Phi) is 5.58. The van der Waals surface area contributed by atoms with Crippen molar-refractivity contribution < 1.29 is 9.53 Å². The van der Waals surface area contributed by atoms with E-state index in [1.165, 1.54) is 12.0 Å². The smallest absolute Gasteiger partial charge is 0.228 e. The summed E-state index contributed by atoms with van der Waals surface area (Å²) >= 11 is 1.70. The fraction of sp³-hybridized carbons (Fsp3) is 0.435. The number of thioether (sulfide) groups is 1. The fourth-order valence-electron chi connectivity index (χ4n) is 4.00. The van der Waals surface area contributed by atoms with Crippen LogP contribution in [0.3, 0.4) is 0 Å². The molecular formula is C23H27N5O2S. The molecular weight excluding hydrogens is 410 g/mol. The number of anilines is 3. The summed E-state index contributed by atoms with van der Waals surface area (Å²) in [7, 11) is 0. The van der Waals surface area contributed by atoms with Crippen molar-refractivity contribution in [3.63, 3.8) is 0 Å². The number of benzene rings is 1. The summed E-state index contributed by atoms with van der Waals surface area (Å²) in [6.45, 7) is 2.74. The van der Waals surface area contributed by atoms with Gasteiger partial charge in [0.05, 0.1) is 17.5 Å². The molecule has 2 aromatic heterocycles. The molecule has 1 saturated carbocycles. The molecule has 162 valence electrons. The van der Waals surface area contributed by atoms with Crippen molar-refractivity contribution in [3.8, 4) is 0 Å². The molecule has 0 bridgehead atoms. The zero-order chi connectivity index (χ0) is 21.4. The van der Waals surface area contributed by atoms with E-state index < -0.39 is 0 Å². The van der Waals surface area contributed by atoms with E-state index in [1.54, 1.807) is 11.8 Å². The average Bonchev–Trinajstić information content (AvgIpc) is 3.56. The SMILES string of the molecule is CSc1cc(C2CCCCO2)ccc1Nc1cc(NC(=O)C2CC2)nc2nc(C)[nH]c12. The molecule has 1 unspecified atom stereocenters. The predicted molar refractivity (Wildman–Crippen MR) is 124 cm³/mol. The third-order valence-electron chi connectivity index (χ3n) is 5.83. The molecule has 1 aliphatic heterocycles. The normalized spacial score (nSPS) is 18.8. The Labute approximate surface area is 185 Å². The highest BCUT2D eigenvalue weighted by atomic mass is 32.2. The number of rotatable bonds is 6. The Balaban J connectivity index is 1.46. The van der Waals surface area contributed by atoms with Crippen LogP contribution in [0.1, 0.15) is 49.6 Å². The first kappa shape index (κ1) is 20.3. The number of nitrogens with zero attached hydrogens (tertiary/aromatic N) is 2. The van der Waals surface area contributed by atoms with E-state index in [4.69, 9.17) is 4.74 Å². The second-order valence-corrected chi connectivity index (χ2v) is 9.13. The number of carbonyl (C=O) groups excluding carboxylic acids is 1. The van der Waals surface area contributed by atoms with Crippen LogP contribution in [0, 0.1) is 12.8 Å². The van der Waals surface area contributed by atoms with Crippen LogP contribution in [0.15, 0.2) is 29.2 Å². The highest BCUT2D eigenvalue weighted by molar-refractivity contribution is 7.98. The second kappa shape index (κ2) is 8.51. The zero-order valence-electron chi connectivity index (χ0n) is 17.8. The fourth-order valence-corrected chi connectivity index (χ4v) is 4.59. The number of ether oxygens (including phenoxy) is 1. The minimum atomic E-state index is 0.0340. The van der Waals surface area contributed by atoms with Crippen molar-refractivity contribution in [2.24, 2.45) is 5.92 Å². The third kappa shape index (κ3) is 4.41. The van der Waals surface area contributed by atoms with Crippen molar-refractivity contribution in [3.05, 3.63) is 35.7 Å². The molecule has 2 aliphatic rings. The largest absolute Gasteiger partial charge is 0.374 e. The number of fused-ring (bicyclic) bond motifs is 1. The maximum Gasteiger partial charge on any atom is 0.228 e. The van der Waals surface area contributed by atoms with Crippen LogP contribution in [0.25, 0.3) is 11.2 Å². The number of imidazole rings is 1. The first-order valence-corrected chi connectivity index (χ1v) is 12.1. The topological polar surface area (TPSA) is 91.9 Å². The van der Waals surface area contributed by atoms with Crippen LogP contribution in [0.5, 0.6) is 0 Å². The van der Waals surface area contributed by atoms with Crippen LogP contribution in [0.2, 0.25) is 0 Å². The summed E-state index contributed by atoms with van der Waals surface area (Å²) in [5.74, 6) is 1.46. The number of hydrogen-bond donors (Lipinski definition) is 3. The Morgan fingerprint density at radius 2 is 2.03 bits per heavy atom. The molecule has 31 heavy (non-hydrogen) atoms. The Hall–Kier alpha value is -2.58. The molecule has 5 rings (SSSR count). The van der Waals surface area contributed by atoms with E-state index >= 15 is 0 Å². The van der Waals surface area contributed by atoms with Gasteiger partial charge in [-0.2, -0.15) is 0 Å². The number of H-pyrrole nitrogens is 1. The molecule has 1 aliphatic carbocycles. The minimum absolute atomic E-state index is 0.0340. The van der Waals surface area contributed by atoms with E-state index in [2.05, 4.69) is 50.0 Å². The van der Waals surface area contributed by atoms with Crippen LogP contribution < -0.4 is 10.6 Å². The summed E-state index contributed by atoms with van der Waals surface area (Å²) < 4.78 is 5.97. The maximum absolute atomic E-state index is 12.3. The quantitative estimate of drug-likeness (QED) is 0.452. The molecule has 3 heterocycles. The number of nitrogens with one attached hydrogen (secondary N) is 3. The van der Waals surface area contributed by atoms with Gasteiger partial charge in [-0.05, 0) is 63.0 Å². The highest BCUT2D eigenvalue weighted by Crippen LogP contribution is 2.36. The second-order valence-electron chi connectivity index (χ2n) is 8.28. The van der Waals surface area contributed by atoms with E-state index in [-0.39, 0.29) is 17.9 Å². The van der Waals surface area contributed by atoms with E-state index in [1.807, 2.05) is 13.0 Å². The van der Waals surface area contributed by atoms with Crippen molar-refractivity contribution in [2.75, 3.05) is 23.5 Å². The van der Waals surface area contributed by atoms with Crippen LogP contribution in [-0.2, 0) is 9.53 Å². The number of aromatic amines is 1. The molecule has 0 radical (unpaired) electrons. The number of pyridine rings is 1. The summed E-state index contributed by atoms with van der Waals surface area (Å²) in [5.41, 5.74) is 4.49. The number of carbonyl (C=O) groups is 1. The van der Waals surface area contributed by atoms with E-state index in [0.717, 1.165) is 59.9 Å². The van der Waals surface area contributed by atoms with E-state index in [9.17, 15) is 4.79 Å². The molecule has 1 atom stereocenters. The molecule has 2 fully saturated rings. The molecule has 8 heteroatoms. The molecule has 0 spiro atoms. The molecule has 1 amide bonds. The van der Waals surface area contributed by atoms with Gasteiger partial charge in [0.25, 0.3) is 0 Å². The zero-order valence-corrected chi connectivity index (χ0v) is 18.6. The predicted octanol–water partition coefficient (Wildman–Crippen LogP) is 5.32. The van der Waals surface area contributed by atoms with Gasteiger partial charge in [0, 0.05) is 23.5 Å². The summed E-state index contributed by atoms with van der Waals surface area (Å²) in [5, 5.41) is 6.49. The van der Waals surface area contributed by atoms with Gasteiger partial charge in [0.2, 0.25) is 5.91 Å². The van der Waals surface area contributed by atoms with Gasteiger partial charge in [-0.3, -0.25) is 4.79 Å². The number of aryl methyl sites for hydroxylation is 1. The number of aromatic nitrogens is 3. The van der Waals surface area contributed by atoms with Crippen LogP contribution in [0.4, 0.5) is 17.2 Å². The molecule has 3 aromatic rings. The molecule has 1 aromatic carbocycles. The lowest BCUT2D eigenvalue weighted by molar-refractivity contribution is -0.117. The summed E-state index contributed by atoms with van der Waals surface area (Å²) in [4.78, 5) is 25.7. The monoisotopic (exact) mass is 437 g/mol. The van der Waals surface area contributed by atoms with Gasteiger partial charge in [-0.25, -0.2) is 9.97 Å².